The summed E-state index contributed by atoms with van der Waals surface area (Å²) in [4.78, 5) is 15.0. The fourth-order valence-electron chi connectivity index (χ4n) is 2.34. The molecule has 0 amide bonds. The zero-order valence-corrected chi connectivity index (χ0v) is 12.7. The van der Waals surface area contributed by atoms with Crippen LogP contribution in [0.3, 0.4) is 0 Å². The van der Waals surface area contributed by atoms with E-state index in [1.807, 2.05) is 31.2 Å². The van der Waals surface area contributed by atoms with Gasteiger partial charge in [0.15, 0.2) is 0 Å². The fraction of sp³-hybridized carbons (Fsp3) is 0.118. The molecule has 0 unspecified atom stereocenters. The summed E-state index contributed by atoms with van der Waals surface area (Å²) >= 11 is 5.91. The third kappa shape index (κ3) is 2.92. The van der Waals surface area contributed by atoms with Crippen LogP contribution in [0, 0.1) is 6.92 Å². The number of aromatic nitrogens is 1. The summed E-state index contributed by atoms with van der Waals surface area (Å²) in [6.07, 6.45) is 0. The number of aryl methyl sites for hydroxylation is 1. The predicted molar refractivity (Wildman–Crippen MR) is 89.7 cm³/mol. The Balaban J connectivity index is 1.92. The first-order chi connectivity index (χ1) is 10.5. The molecule has 112 valence electrons. The lowest BCUT2D eigenvalue weighted by Crippen LogP contribution is -2.15. The number of fused-ring (bicyclic) bond motifs is 1. The van der Waals surface area contributed by atoms with Crippen molar-refractivity contribution in [3.05, 3.63) is 69.0 Å². The van der Waals surface area contributed by atoms with Crippen LogP contribution >= 0.6 is 11.6 Å². The summed E-state index contributed by atoms with van der Waals surface area (Å²) in [5.74, 6) is 0.0949. The van der Waals surface area contributed by atoms with Gasteiger partial charge in [0.2, 0.25) is 0 Å². The van der Waals surface area contributed by atoms with Gasteiger partial charge in [-0.15, -0.1) is 0 Å². The summed E-state index contributed by atoms with van der Waals surface area (Å²) in [6.45, 7) is 2.31. The van der Waals surface area contributed by atoms with E-state index in [1.165, 1.54) is 6.07 Å². The first kappa shape index (κ1) is 14.5. The van der Waals surface area contributed by atoms with Crippen molar-refractivity contribution in [2.45, 2.75) is 13.5 Å². The number of pyridine rings is 1. The molecule has 5 heteroatoms. The van der Waals surface area contributed by atoms with Gasteiger partial charge >= 0.3 is 0 Å². The maximum atomic E-state index is 12.1. The molecule has 4 nitrogen and oxygen atoms in total. The molecule has 0 atom stereocenters. The number of benzene rings is 2. The van der Waals surface area contributed by atoms with Crippen molar-refractivity contribution in [1.82, 2.24) is 4.98 Å². The summed E-state index contributed by atoms with van der Waals surface area (Å²) in [5, 5.41) is 14.3. The number of nitrogens with one attached hydrogen (secondary N) is 2. The van der Waals surface area contributed by atoms with E-state index < -0.39 is 0 Å². The standard InChI is InChI=1S/C17H15ClN2O2/c1-10-2-4-14-11(6-10)7-12(17(22)20-14)9-19-15-8-13(18)3-5-16(15)21/h2-8,19,21H,9H2,1H3,(H,20,22). The van der Waals surface area contributed by atoms with Crippen molar-refractivity contribution in [2.24, 2.45) is 0 Å². The summed E-state index contributed by atoms with van der Waals surface area (Å²) < 4.78 is 0. The van der Waals surface area contributed by atoms with Crippen LogP contribution in [0.4, 0.5) is 5.69 Å². The van der Waals surface area contributed by atoms with E-state index >= 15 is 0 Å². The van der Waals surface area contributed by atoms with Crippen LogP contribution in [0.2, 0.25) is 5.02 Å². The number of aromatic amines is 1. The van der Waals surface area contributed by atoms with Gasteiger partial charge in [-0.1, -0.05) is 23.2 Å². The average Bonchev–Trinajstić information content (AvgIpc) is 2.48. The summed E-state index contributed by atoms with van der Waals surface area (Å²) in [6, 6.07) is 12.5. The minimum atomic E-state index is -0.148. The van der Waals surface area contributed by atoms with Crippen LogP contribution in [-0.4, -0.2) is 10.1 Å². The van der Waals surface area contributed by atoms with E-state index in [9.17, 15) is 9.90 Å². The normalized spacial score (nSPS) is 10.8. The Morgan fingerprint density at radius 1 is 1.18 bits per heavy atom. The minimum Gasteiger partial charge on any atom is -0.506 e. The van der Waals surface area contributed by atoms with Crippen molar-refractivity contribution < 1.29 is 5.11 Å². The molecule has 2 aromatic carbocycles. The van der Waals surface area contributed by atoms with E-state index in [0.717, 1.165) is 16.5 Å². The molecule has 0 saturated heterocycles. The highest BCUT2D eigenvalue weighted by molar-refractivity contribution is 6.30. The number of halogens is 1. The maximum absolute atomic E-state index is 12.1. The molecule has 3 aromatic rings. The number of H-pyrrole nitrogens is 1. The molecule has 0 fully saturated rings. The van der Waals surface area contributed by atoms with Crippen molar-refractivity contribution in [3.63, 3.8) is 0 Å². The molecule has 0 aliphatic rings. The highest BCUT2D eigenvalue weighted by Gasteiger charge is 2.06. The molecule has 0 aliphatic carbocycles. The Labute approximate surface area is 132 Å². The number of anilines is 1. The maximum Gasteiger partial charge on any atom is 0.253 e. The predicted octanol–water partition coefficient (Wildman–Crippen LogP) is 3.81. The third-order valence-corrected chi connectivity index (χ3v) is 3.74. The van der Waals surface area contributed by atoms with Crippen LogP contribution < -0.4 is 10.9 Å². The fourth-order valence-corrected chi connectivity index (χ4v) is 2.51. The van der Waals surface area contributed by atoms with E-state index in [0.29, 0.717) is 22.8 Å². The molecule has 0 saturated carbocycles. The van der Waals surface area contributed by atoms with Gasteiger partial charge in [-0.2, -0.15) is 0 Å². The molecule has 0 spiro atoms. The molecule has 0 radical (unpaired) electrons. The Hall–Kier alpha value is -2.46. The van der Waals surface area contributed by atoms with E-state index in [4.69, 9.17) is 11.6 Å². The monoisotopic (exact) mass is 314 g/mol. The Morgan fingerprint density at radius 3 is 2.82 bits per heavy atom. The van der Waals surface area contributed by atoms with Crippen LogP contribution in [0.1, 0.15) is 11.1 Å². The van der Waals surface area contributed by atoms with Crippen molar-refractivity contribution in [2.75, 3.05) is 5.32 Å². The molecule has 0 bridgehead atoms. The van der Waals surface area contributed by atoms with Gasteiger partial charge in [-0.25, -0.2) is 0 Å². The molecule has 1 aromatic heterocycles. The van der Waals surface area contributed by atoms with E-state index in [-0.39, 0.29) is 11.3 Å². The highest BCUT2D eigenvalue weighted by atomic mass is 35.5. The van der Waals surface area contributed by atoms with Gasteiger partial charge in [-0.05, 0) is 48.7 Å². The van der Waals surface area contributed by atoms with Crippen molar-refractivity contribution in [1.29, 1.82) is 0 Å². The highest BCUT2D eigenvalue weighted by Crippen LogP contribution is 2.26. The molecule has 1 heterocycles. The summed E-state index contributed by atoms with van der Waals surface area (Å²) in [7, 11) is 0. The molecule has 0 aliphatic heterocycles. The second kappa shape index (κ2) is 5.73. The van der Waals surface area contributed by atoms with Crippen LogP contribution in [0.25, 0.3) is 10.9 Å². The first-order valence-corrected chi connectivity index (χ1v) is 7.26. The lowest BCUT2D eigenvalue weighted by molar-refractivity contribution is 0.477. The lowest BCUT2D eigenvalue weighted by Gasteiger charge is -2.09. The number of phenolic OH excluding ortho intramolecular Hbond substituents is 1. The smallest absolute Gasteiger partial charge is 0.253 e. The number of aromatic hydroxyl groups is 1. The first-order valence-electron chi connectivity index (χ1n) is 6.88. The van der Waals surface area contributed by atoms with Crippen LogP contribution in [-0.2, 0) is 6.54 Å². The molecule has 3 rings (SSSR count). The quantitative estimate of drug-likeness (QED) is 0.644. The topological polar surface area (TPSA) is 65.1 Å². The number of phenols is 1. The Bertz CT molecular complexity index is 903. The van der Waals surface area contributed by atoms with Crippen molar-refractivity contribution >= 4 is 28.2 Å². The average molecular weight is 315 g/mol. The van der Waals surface area contributed by atoms with Gasteiger partial charge in [-0.3, -0.25) is 4.79 Å². The van der Waals surface area contributed by atoms with Gasteiger partial charge in [0.1, 0.15) is 5.75 Å². The molecule has 22 heavy (non-hydrogen) atoms. The second-order valence-electron chi connectivity index (χ2n) is 5.23. The number of hydrogen-bond donors (Lipinski definition) is 3. The molecular weight excluding hydrogens is 300 g/mol. The Kier molecular flexibility index (Phi) is 3.77. The van der Waals surface area contributed by atoms with E-state index in [1.54, 1.807) is 12.1 Å². The van der Waals surface area contributed by atoms with Crippen molar-refractivity contribution in [3.8, 4) is 5.75 Å². The SMILES string of the molecule is Cc1ccc2[nH]c(=O)c(CNc3cc(Cl)ccc3O)cc2c1. The minimum absolute atomic E-state index is 0.0949. The number of hydrogen-bond acceptors (Lipinski definition) is 3. The van der Waals surface area contributed by atoms with E-state index in [2.05, 4.69) is 10.3 Å². The third-order valence-electron chi connectivity index (χ3n) is 3.50. The number of rotatable bonds is 3. The van der Waals surface area contributed by atoms with Gasteiger partial charge < -0.3 is 15.4 Å². The van der Waals surface area contributed by atoms with Gasteiger partial charge in [0.05, 0.1) is 5.69 Å². The zero-order chi connectivity index (χ0) is 15.7. The largest absolute Gasteiger partial charge is 0.506 e. The lowest BCUT2D eigenvalue weighted by atomic mass is 10.1. The van der Waals surface area contributed by atoms with Gasteiger partial charge in [0, 0.05) is 22.6 Å². The zero-order valence-electron chi connectivity index (χ0n) is 12.0. The molecule has 3 N–H and O–H groups in total. The van der Waals surface area contributed by atoms with Crippen LogP contribution in [0.5, 0.6) is 5.75 Å². The second-order valence-corrected chi connectivity index (χ2v) is 5.67. The van der Waals surface area contributed by atoms with Crippen LogP contribution in [0.15, 0.2) is 47.3 Å². The molecular formula is C17H15ClN2O2. The van der Waals surface area contributed by atoms with Gasteiger partial charge in [0.25, 0.3) is 5.56 Å². The Morgan fingerprint density at radius 2 is 2.00 bits per heavy atom. The summed E-state index contributed by atoms with van der Waals surface area (Å²) in [5.41, 5.74) is 2.88.